The third-order valence-corrected chi connectivity index (χ3v) is 3.06. The lowest BCUT2D eigenvalue weighted by Crippen LogP contribution is -2.30. The molecule has 16 heavy (non-hydrogen) atoms. The Morgan fingerprint density at radius 1 is 1.56 bits per heavy atom. The van der Waals surface area contributed by atoms with Crippen LogP contribution in [-0.4, -0.2) is 41.7 Å². The van der Waals surface area contributed by atoms with Gasteiger partial charge in [-0.2, -0.15) is 4.98 Å². The number of hydrogen-bond acceptors (Lipinski definition) is 5. The lowest BCUT2D eigenvalue weighted by atomic mass is 9.98. The summed E-state index contributed by atoms with van der Waals surface area (Å²) in [5.74, 6) is 2.02. The zero-order chi connectivity index (χ0) is 11.4. The van der Waals surface area contributed by atoms with Crippen LogP contribution in [0.5, 0.6) is 0 Å². The Hall–Kier alpha value is -0.940. The normalized spacial score (nSPS) is 22.5. The topological polar surface area (TPSA) is 68.2 Å². The van der Waals surface area contributed by atoms with Gasteiger partial charge in [0.1, 0.15) is 0 Å². The van der Waals surface area contributed by atoms with Crippen LogP contribution < -0.4 is 5.73 Å². The molecule has 5 heteroatoms. The van der Waals surface area contributed by atoms with Crippen LogP contribution in [0.1, 0.15) is 36.9 Å². The molecule has 90 valence electrons. The Kier molecular flexibility index (Phi) is 3.90. The van der Waals surface area contributed by atoms with Crippen molar-refractivity contribution in [1.29, 1.82) is 0 Å². The fraction of sp³-hybridized carbons (Fsp3) is 0.818. The average molecular weight is 224 g/mol. The summed E-state index contributed by atoms with van der Waals surface area (Å²) in [6.45, 7) is 2.87. The molecule has 0 radical (unpaired) electrons. The van der Waals surface area contributed by atoms with Crippen LogP contribution in [-0.2, 0) is 6.42 Å². The number of aromatic nitrogens is 2. The first kappa shape index (κ1) is 11.5. The number of hydrogen-bond donors (Lipinski definition) is 1. The number of likely N-dealkylation sites (tertiary alicyclic amines) is 1. The number of piperidine rings is 1. The van der Waals surface area contributed by atoms with E-state index in [-0.39, 0.29) is 0 Å². The zero-order valence-electron chi connectivity index (χ0n) is 9.85. The molecule has 1 saturated heterocycles. The van der Waals surface area contributed by atoms with Gasteiger partial charge in [-0.3, -0.25) is 0 Å². The van der Waals surface area contributed by atoms with E-state index in [0.29, 0.717) is 12.5 Å². The van der Waals surface area contributed by atoms with E-state index in [1.807, 2.05) is 0 Å². The van der Waals surface area contributed by atoms with E-state index in [1.165, 1.54) is 13.0 Å². The summed E-state index contributed by atoms with van der Waals surface area (Å²) in [7, 11) is 2.14. The largest absolute Gasteiger partial charge is 0.339 e. The summed E-state index contributed by atoms with van der Waals surface area (Å²) in [6, 6.07) is 0. The van der Waals surface area contributed by atoms with Crippen molar-refractivity contribution < 1.29 is 4.52 Å². The van der Waals surface area contributed by atoms with Crippen LogP contribution in [0.2, 0.25) is 0 Å². The molecule has 2 rings (SSSR count). The van der Waals surface area contributed by atoms with Gasteiger partial charge in [-0.05, 0) is 39.4 Å². The monoisotopic (exact) mass is 224 g/mol. The van der Waals surface area contributed by atoms with Crippen LogP contribution in [0.15, 0.2) is 4.52 Å². The van der Waals surface area contributed by atoms with E-state index in [9.17, 15) is 0 Å². The first-order valence-electron chi connectivity index (χ1n) is 6.00. The van der Waals surface area contributed by atoms with Crippen molar-refractivity contribution in [3.8, 4) is 0 Å². The fourth-order valence-corrected chi connectivity index (χ4v) is 2.16. The molecule has 1 aromatic rings. The molecule has 1 aromatic heterocycles. The molecule has 0 saturated carbocycles. The lowest BCUT2D eigenvalue weighted by Gasteiger charge is -2.27. The van der Waals surface area contributed by atoms with Crippen molar-refractivity contribution in [3.63, 3.8) is 0 Å². The van der Waals surface area contributed by atoms with Crippen molar-refractivity contribution in [2.45, 2.75) is 31.6 Å². The van der Waals surface area contributed by atoms with Gasteiger partial charge in [0.15, 0.2) is 5.82 Å². The van der Waals surface area contributed by atoms with Crippen molar-refractivity contribution in [2.75, 3.05) is 26.7 Å². The van der Waals surface area contributed by atoms with Crippen LogP contribution in [0, 0.1) is 0 Å². The van der Waals surface area contributed by atoms with Gasteiger partial charge in [-0.25, -0.2) is 0 Å². The highest BCUT2D eigenvalue weighted by Gasteiger charge is 2.23. The van der Waals surface area contributed by atoms with Gasteiger partial charge >= 0.3 is 0 Å². The highest BCUT2D eigenvalue weighted by Crippen LogP contribution is 2.24. The second-order valence-corrected chi connectivity index (χ2v) is 4.54. The van der Waals surface area contributed by atoms with E-state index in [2.05, 4.69) is 22.1 Å². The third-order valence-electron chi connectivity index (χ3n) is 3.06. The van der Waals surface area contributed by atoms with Crippen LogP contribution in [0.4, 0.5) is 0 Å². The van der Waals surface area contributed by atoms with Gasteiger partial charge in [-0.1, -0.05) is 5.16 Å². The Bertz CT molecular complexity index is 326. The molecule has 2 N–H and O–H groups in total. The summed E-state index contributed by atoms with van der Waals surface area (Å²) in [5.41, 5.74) is 5.45. The standard InChI is InChI=1S/C11H20N4O/c1-15-7-3-4-9(8-15)11-13-10(14-16-11)5-2-6-12/h9H,2-8,12H2,1H3. The molecule has 1 unspecified atom stereocenters. The highest BCUT2D eigenvalue weighted by molar-refractivity contribution is 4.97. The first-order chi connectivity index (χ1) is 7.79. The Balaban J connectivity index is 1.95. The van der Waals surface area contributed by atoms with Crippen molar-refractivity contribution in [3.05, 3.63) is 11.7 Å². The molecule has 0 spiro atoms. The SMILES string of the molecule is CN1CCCC(c2nc(CCCN)no2)C1. The molecule has 5 nitrogen and oxygen atoms in total. The highest BCUT2D eigenvalue weighted by atomic mass is 16.5. The Morgan fingerprint density at radius 2 is 2.44 bits per heavy atom. The molecule has 1 fully saturated rings. The third kappa shape index (κ3) is 2.80. The number of nitrogens with zero attached hydrogens (tertiary/aromatic N) is 3. The lowest BCUT2D eigenvalue weighted by molar-refractivity contribution is 0.220. The fourth-order valence-electron chi connectivity index (χ4n) is 2.16. The van der Waals surface area contributed by atoms with E-state index in [0.717, 1.165) is 37.5 Å². The maximum Gasteiger partial charge on any atom is 0.231 e. The van der Waals surface area contributed by atoms with Crippen LogP contribution in [0.25, 0.3) is 0 Å². The predicted molar refractivity (Wildman–Crippen MR) is 61.1 cm³/mol. The summed E-state index contributed by atoms with van der Waals surface area (Å²) in [6.07, 6.45) is 4.11. The average Bonchev–Trinajstić information content (AvgIpc) is 2.75. The quantitative estimate of drug-likeness (QED) is 0.818. The molecular formula is C11H20N4O. The van der Waals surface area contributed by atoms with E-state index in [1.54, 1.807) is 0 Å². The van der Waals surface area contributed by atoms with Gasteiger partial charge in [-0.15, -0.1) is 0 Å². The summed E-state index contributed by atoms with van der Waals surface area (Å²) >= 11 is 0. The summed E-state index contributed by atoms with van der Waals surface area (Å²) in [5, 5.41) is 3.99. The molecular weight excluding hydrogens is 204 g/mol. The van der Waals surface area contributed by atoms with Gasteiger partial charge in [0.25, 0.3) is 0 Å². The van der Waals surface area contributed by atoms with Gasteiger partial charge in [0.2, 0.25) is 5.89 Å². The number of likely N-dealkylation sites (N-methyl/N-ethyl adjacent to an activating group) is 1. The van der Waals surface area contributed by atoms with E-state index >= 15 is 0 Å². The minimum absolute atomic E-state index is 0.415. The van der Waals surface area contributed by atoms with Crippen LogP contribution >= 0.6 is 0 Å². The second kappa shape index (κ2) is 5.41. The van der Waals surface area contributed by atoms with E-state index in [4.69, 9.17) is 10.3 Å². The first-order valence-corrected chi connectivity index (χ1v) is 6.00. The number of nitrogens with two attached hydrogens (primary N) is 1. The molecule has 0 aliphatic carbocycles. The minimum Gasteiger partial charge on any atom is -0.339 e. The molecule has 0 amide bonds. The van der Waals surface area contributed by atoms with Crippen LogP contribution in [0.3, 0.4) is 0 Å². The van der Waals surface area contributed by atoms with Crippen molar-refractivity contribution in [2.24, 2.45) is 5.73 Å². The molecule has 0 bridgehead atoms. The zero-order valence-corrected chi connectivity index (χ0v) is 9.85. The maximum atomic E-state index is 5.45. The molecule has 1 aliphatic rings. The van der Waals surface area contributed by atoms with Gasteiger partial charge in [0, 0.05) is 13.0 Å². The maximum absolute atomic E-state index is 5.45. The van der Waals surface area contributed by atoms with Crippen molar-refractivity contribution >= 4 is 0 Å². The van der Waals surface area contributed by atoms with Gasteiger partial charge < -0.3 is 15.2 Å². The molecule has 2 heterocycles. The number of rotatable bonds is 4. The number of aryl methyl sites for hydroxylation is 1. The second-order valence-electron chi connectivity index (χ2n) is 4.54. The molecule has 0 aromatic carbocycles. The van der Waals surface area contributed by atoms with E-state index < -0.39 is 0 Å². The minimum atomic E-state index is 0.415. The van der Waals surface area contributed by atoms with Gasteiger partial charge in [0.05, 0.1) is 5.92 Å². The predicted octanol–water partition coefficient (Wildman–Crippen LogP) is 0.770. The smallest absolute Gasteiger partial charge is 0.231 e. The summed E-state index contributed by atoms with van der Waals surface area (Å²) < 4.78 is 5.32. The molecule has 1 atom stereocenters. The summed E-state index contributed by atoms with van der Waals surface area (Å²) in [4.78, 5) is 6.76. The Labute approximate surface area is 96.0 Å². The van der Waals surface area contributed by atoms with Crippen molar-refractivity contribution in [1.82, 2.24) is 15.0 Å². The molecule has 1 aliphatic heterocycles. The Morgan fingerprint density at radius 3 is 3.19 bits per heavy atom.